The summed E-state index contributed by atoms with van der Waals surface area (Å²) in [5.74, 6) is 0. The Bertz CT molecular complexity index is 5980. The average Bonchev–Trinajstić information content (AvgIpc) is 1.60. The van der Waals surface area contributed by atoms with Gasteiger partial charge in [-0.1, -0.05) is 234 Å². The summed E-state index contributed by atoms with van der Waals surface area (Å²) in [5, 5.41) is 10.0. The normalized spacial score (nSPS) is 13.4. The molecule has 4 aromatic heterocycles. The van der Waals surface area contributed by atoms with Crippen LogP contribution in [0.15, 0.2) is 344 Å². The predicted molar refractivity (Wildman–Crippen MR) is 416 cm³/mol. The van der Waals surface area contributed by atoms with Crippen molar-refractivity contribution in [3.8, 4) is 56.1 Å². The van der Waals surface area contributed by atoms with Crippen LogP contribution in [0.5, 0.6) is 0 Å². The summed E-state index contributed by atoms with van der Waals surface area (Å²) < 4.78 is 23.1. The van der Waals surface area contributed by atoms with E-state index in [1.165, 1.54) is 138 Å². The molecule has 1 aliphatic rings. The number of rotatable bonds is 8. The van der Waals surface area contributed by atoms with Gasteiger partial charge in [0.05, 0.1) is 55.3 Å². The molecule has 0 saturated carbocycles. The summed E-state index contributed by atoms with van der Waals surface area (Å²) in [5.41, 5.74) is 22.1. The lowest BCUT2D eigenvalue weighted by atomic mass is 9.78. The molecule has 6 nitrogen and oxygen atoms in total. The van der Waals surface area contributed by atoms with Crippen molar-refractivity contribution in [2.24, 2.45) is 0 Å². The van der Waals surface area contributed by atoms with E-state index in [0.29, 0.717) is 0 Å². The van der Waals surface area contributed by atoms with Gasteiger partial charge >= 0.3 is 7.12 Å². The van der Waals surface area contributed by atoms with Gasteiger partial charge < -0.3 is 27.6 Å². The van der Waals surface area contributed by atoms with E-state index in [-0.39, 0.29) is 18.3 Å². The van der Waals surface area contributed by atoms with E-state index in [2.05, 4.69) is 389 Å². The zero-order valence-electron chi connectivity index (χ0n) is 54.9. The molecular formula is C90H68BBrN4O2. The molecule has 8 heteroatoms. The topological polar surface area (TPSA) is 38.2 Å². The van der Waals surface area contributed by atoms with Gasteiger partial charge in [-0.15, -0.1) is 0 Å². The molecule has 19 rings (SSSR count). The third-order valence-electron chi connectivity index (χ3n) is 20.0. The lowest BCUT2D eigenvalue weighted by Crippen LogP contribution is -2.41. The van der Waals surface area contributed by atoms with E-state index in [1.807, 2.05) is 12.1 Å². The maximum Gasteiger partial charge on any atom is 0.494 e. The molecule has 0 aliphatic carbocycles. The third kappa shape index (κ3) is 10.7. The fourth-order valence-electron chi connectivity index (χ4n) is 14.5. The van der Waals surface area contributed by atoms with Crippen LogP contribution >= 0.6 is 15.9 Å². The Morgan fingerprint density at radius 3 is 0.878 bits per heavy atom. The third-order valence-corrected chi connectivity index (χ3v) is 20.5. The number of hydrogen-bond acceptors (Lipinski definition) is 2. The van der Waals surface area contributed by atoms with Gasteiger partial charge in [-0.25, -0.2) is 0 Å². The Morgan fingerprint density at radius 2 is 0.500 bits per heavy atom. The van der Waals surface area contributed by atoms with E-state index in [9.17, 15) is 0 Å². The van der Waals surface area contributed by atoms with Gasteiger partial charge in [0.25, 0.3) is 0 Å². The van der Waals surface area contributed by atoms with Crippen LogP contribution in [0.1, 0.15) is 27.7 Å². The number of halogens is 1. The zero-order valence-corrected chi connectivity index (χ0v) is 56.5. The average molecular weight is 1330 g/mol. The Balaban J connectivity index is 0.000000116. The molecule has 0 amide bonds. The smallest absolute Gasteiger partial charge is 0.399 e. The molecule has 0 unspecified atom stereocenters. The van der Waals surface area contributed by atoms with Gasteiger partial charge in [-0.3, -0.25) is 0 Å². The van der Waals surface area contributed by atoms with Gasteiger partial charge in [0, 0.05) is 70.3 Å². The standard InChI is InChI=1S/C42H28N2.C24H24BNO2.C24H16BrN/c1-3-11-29(12-4-1)30-19-23-34(24-20-30)44-40-18-10-8-16-36(40)38-28-32(22-26-42(38)44)31-21-25-41-37(27-31)35-15-7-9-17-39(35)43(41)33-13-5-2-6-14-33;1-23(2)24(3,4)28-25(27-23)17-14-15-22-20(16-17)19-12-8-9-13-21(19)26(22)18-10-6-5-7-11-18;25-19-12-15-24-22(16-19)21-8-4-5-9-23(21)26(24)20-13-10-18(11-14-20)17-6-2-1-3-7-17/h1-28H;5-16H,1-4H3;1-16H. The molecule has 0 bridgehead atoms. The van der Waals surface area contributed by atoms with Gasteiger partial charge in [0.2, 0.25) is 0 Å². The van der Waals surface area contributed by atoms with E-state index in [4.69, 9.17) is 9.31 Å². The van der Waals surface area contributed by atoms with Gasteiger partial charge in [-0.2, -0.15) is 0 Å². The Morgan fingerprint density at radius 1 is 0.235 bits per heavy atom. The van der Waals surface area contributed by atoms with Crippen LogP contribution in [0, 0.1) is 0 Å². The minimum Gasteiger partial charge on any atom is -0.399 e. The van der Waals surface area contributed by atoms with Crippen molar-refractivity contribution >= 4 is 116 Å². The van der Waals surface area contributed by atoms with Crippen molar-refractivity contribution in [2.75, 3.05) is 0 Å². The summed E-state index contributed by atoms with van der Waals surface area (Å²) in [7, 11) is -0.353. The minimum absolute atomic E-state index is 0.343. The molecule has 470 valence electrons. The van der Waals surface area contributed by atoms with Crippen molar-refractivity contribution in [1.29, 1.82) is 0 Å². The molecule has 5 heterocycles. The Labute approximate surface area is 578 Å². The molecule has 0 N–H and O–H groups in total. The number of aromatic nitrogens is 4. The van der Waals surface area contributed by atoms with E-state index >= 15 is 0 Å². The van der Waals surface area contributed by atoms with E-state index in [0.717, 1.165) is 15.6 Å². The van der Waals surface area contributed by atoms with Crippen LogP contribution < -0.4 is 5.46 Å². The summed E-state index contributed by atoms with van der Waals surface area (Å²) in [6.07, 6.45) is 0. The first-order chi connectivity index (χ1) is 48.0. The second-order valence-corrected chi connectivity index (χ2v) is 27.3. The maximum atomic E-state index is 6.27. The number of fused-ring (bicyclic) bond motifs is 12. The molecule has 1 saturated heterocycles. The molecule has 98 heavy (non-hydrogen) atoms. The quantitative estimate of drug-likeness (QED) is 0.142. The van der Waals surface area contributed by atoms with Crippen LogP contribution in [0.25, 0.3) is 143 Å². The largest absolute Gasteiger partial charge is 0.494 e. The molecule has 0 spiro atoms. The highest BCUT2D eigenvalue weighted by molar-refractivity contribution is 9.10. The molecule has 0 radical (unpaired) electrons. The lowest BCUT2D eigenvalue weighted by molar-refractivity contribution is 0.00578. The number of para-hydroxylation sites is 6. The molecule has 1 fully saturated rings. The molecule has 14 aromatic carbocycles. The Kier molecular flexibility index (Phi) is 15.3. The first-order valence-electron chi connectivity index (χ1n) is 33.6. The van der Waals surface area contributed by atoms with Crippen molar-refractivity contribution < 1.29 is 9.31 Å². The Hall–Kier alpha value is -11.3. The highest BCUT2D eigenvalue weighted by Crippen LogP contribution is 2.42. The summed E-state index contributed by atoms with van der Waals surface area (Å²) in [4.78, 5) is 0. The summed E-state index contributed by atoms with van der Waals surface area (Å²) in [6, 6.07) is 121. The van der Waals surface area contributed by atoms with Gasteiger partial charge in [0.15, 0.2) is 0 Å². The SMILES string of the molecule is Brc1ccc2c(c1)c1ccccc1n2-c1ccc(-c2ccccc2)cc1.CC1(C)OB(c2ccc3c(c2)c2ccccc2n3-c2ccccc2)OC1(C)C.c1ccc(-c2ccc(-n3c4ccccc4c4cc(-c5ccc6c(c5)c5ccccc5n6-c5ccccc5)ccc43)cc2)cc1. The first kappa shape index (κ1) is 60.4. The number of benzene rings is 14. The molecule has 1 aliphatic heterocycles. The van der Waals surface area contributed by atoms with Crippen molar-refractivity contribution in [1.82, 2.24) is 18.3 Å². The fourth-order valence-corrected chi connectivity index (χ4v) is 14.9. The van der Waals surface area contributed by atoms with Crippen molar-refractivity contribution in [2.45, 2.75) is 38.9 Å². The zero-order chi connectivity index (χ0) is 66.1. The predicted octanol–water partition coefficient (Wildman–Crippen LogP) is 23.5. The highest BCUT2D eigenvalue weighted by atomic mass is 79.9. The van der Waals surface area contributed by atoms with Crippen molar-refractivity contribution in [3.63, 3.8) is 0 Å². The van der Waals surface area contributed by atoms with Gasteiger partial charge in [-0.05, 0) is 188 Å². The first-order valence-corrected chi connectivity index (χ1v) is 34.4. The van der Waals surface area contributed by atoms with Gasteiger partial charge in [0.1, 0.15) is 0 Å². The summed E-state index contributed by atoms with van der Waals surface area (Å²) >= 11 is 3.61. The fraction of sp³-hybridized carbons (Fsp3) is 0.0667. The van der Waals surface area contributed by atoms with E-state index in [1.54, 1.807) is 0 Å². The van der Waals surface area contributed by atoms with Crippen molar-refractivity contribution in [3.05, 3.63) is 344 Å². The minimum atomic E-state index is -0.353. The van der Waals surface area contributed by atoms with Crippen LogP contribution in [0.3, 0.4) is 0 Å². The second kappa shape index (κ2) is 24.7. The van der Waals surface area contributed by atoms with Crippen LogP contribution in [-0.2, 0) is 9.31 Å². The maximum absolute atomic E-state index is 6.27. The summed E-state index contributed by atoms with van der Waals surface area (Å²) in [6.45, 7) is 8.36. The second-order valence-electron chi connectivity index (χ2n) is 26.4. The van der Waals surface area contributed by atoms with Crippen LogP contribution in [0.2, 0.25) is 0 Å². The molecule has 0 atom stereocenters. The highest BCUT2D eigenvalue weighted by Gasteiger charge is 2.51. The molecular weight excluding hydrogens is 1260 g/mol. The number of hydrogen-bond donors (Lipinski definition) is 0. The number of nitrogens with zero attached hydrogens (tertiary/aromatic N) is 4. The van der Waals surface area contributed by atoms with Crippen LogP contribution in [0.4, 0.5) is 0 Å². The molecule has 18 aromatic rings. The lowest BCUT2D eigenvalue weighted by Gasteiger charge is -2.32. The monoisotopic (exact) mass is 1330 g/mol. The van der Waals surface area contributed by atoms with E-state index < -0.39 is 0 Å². The van der Waals surface area contributed by atoms with Crippen LogP contribution in [-0.4, -0.2) is 36.6 Å².